The van der Waals surface area contributed by atoms with Crippen molar-refractivity contribution < 1.29 is 14.4 Å². The van der Waals surface area contributed by atoms with Crippen LogP contribution in [0.2, 0.25) is 10.0 Å². The third kappa shape index (κ3) is 4.84. The van der Waals surface area contributed by atoms with E-state index in [1.807, 2.05) is 37.3 Å². The van der Waals surface area contributed by atoms with Gasteiger partial charge in [0, 0.05) is 28.2 Å². The van der Waals surface area contributed by atoms with Crippen LogP contribution in [-0.4, -0.2) is 34.6 Å². The molecule has 1 aliphatic rings. The molecule has 0 fully saturated rings. The van der Waals surface area contributed by atoms with Crippen molar-refractivity contribution in [3.05, 3.63) is 75.4 Å². The van der Waals surface area contributed by atoms with Crippen LogP contribution in [0.4, 0.5) is 5.82 Å². The predicted molar refractivity (Wildman–Crippen MR) is 120 cm³/mol. The molecule has 2 heterocycles. The fraction of sp³-hybridized carbons (Fsp3) is 0.227. The van der Waals surface area contributed by atoms with Crippen molar-refractivity contribution in [2.45, 2.75) is 26.0 Å². The van der Waals surface area contributed by atoms with E-state index in [4.69, 9.17) is 32.8 Å². The first-order valence-corrected chi connectivity index (χ1v) is 10.3. The SMILES string of the molecule is COc1ccc(C2=NO[C@H](C(=O)Nc3cc(C)n(Cc4ccc(Cl)cc4Cl)n3)C2)cc1. The second-order valence-corrected chi connectivity index (χ2v) is 7.96. The summed E-state index contributed by atoms with van der Waals surface area (Å²) in [7, 11) is 1.61. The second-order valence-electron chi connectivity index (χ2n) is 7.12. The van der Waals surface area contributed by atoms with Crippen LogP contribution in [0.5, 0.6) is 5.75 Å². The van der Waals surface area contributed by atoms with Crippen molar-refractivity contribution in [1.29, 1.82) is 0 Å². The van der Waals surface area contributed by atoms with Gasteiger partial charge >= 0.3 is 0 Å². The zero-order chi connectivity index (χ0) is 22.0. The van der Waals surface area contributed by atoms with E-state index in [0.29, 0.717) is 34.5 Å². The maximum absolute atomic E-state index is 12.6. The molecule has 4 rings (SSSR count). The lowest BCUT2D eigenvalue weighted by molar-refractivity contribution is -0.125. The summed E-state index contributed by atoms with van der Waals surface area (Å²) in [5, 5.41) is 12.5. The van der Waals surface area contributed by atoms with E-state index in [0.717, 1.165) is 22.6 Å². The fourth-order valence-corrected chi connectivity index (χ4v) is 3.69. The number of ether oxygens (including phenoxy) is 1. The Morgan fingerprint density at radius 3 is 2.71 bits per heavy atom. The Morgan fingerprint density at radius 1 is 1.23 bits per heavy atom. The van der Waals surface area contributed by atoms with Gasteiger partial charge in [-0.15, -0.1) is 0 Å². The van der Waals surface area contributed by atoms with Crippen LogP contribution in [0.25, 0.3) is 0 Å². The van der Waals surface area contributed by atoms with Crippen molar-refractivity contribution >= 4 is 40.6 Å². The number of hydrogen-bond acceptors (Lipinski definition) is 5. The van der Waals surface area contributed by atoms with E-state index in [2.05, 4.69) is 15.6 Å². The van der Waals surface area contributed by atoms with Crippen molar-refractivity contribution in [2.75, 3.05) is 12.4 Å². The number of nitrogens with zero attached hydrogens (tertiary/aromatic N) is 3. The number of carbonyl (C=O) groups is 1. The summed E-state index contributed by atoms with van der Waals surface area (Å²) in [5.74, 6) is 0.888. The Morgan fingerprint density at radius 2 is 2.00 bits per heavy atom. The Labute approximate surface area is 189 Å². The number of benzene rings is 2. The number of oxime groups is 1. The summed E-state index contributed by atoms with van der Waals surface area (Å²) in [4.78, 5) is 18.0. The first-order valence-electron chi connectivity index (χ1n) is 9.59. The molecule has 1 N–H and O–H groups in total. The Hall–Kier alpha value is -3.03. The largest absolute Gasteiger partial charge is 0.497 e. The molecule has 0 saturated carbocycles. The fourth-order valence-electron chi connectivity index (χ4n) is 3.22. The number of methoxy groups -OCH3 is 1. The van der Waals surface area contributed by atoms with Gasteiger partial charge in [-0.05, 0) is 54.4 Å². The van der Waals surface area contributed by atoms with Gasteiger partial charge in [0.2, 0.25) is 6.10 Å². The van der Waals surface area contributed by atoms with Gasteiger partial charge in [-0.3, -0.25) is 9.48 Å². The van der Waals surface area contributed by atoms with Gasteiger partial charge in [0.1, 0.15) is 5.75 Å². The number of rotatable bonds is 6. The summed E-state index contributed by atoms with van der Waals surface area (Å²) < 4.78 is 6.92. The van der Waals surface area contributed by atoms with Crippen LogP contribution in [0.15, 0.2) is 53.7 Å². The molecule has 9 heteroatoms. The summed E-state index contributed by atoms with van der Waals surface area (Å²) in [5.41, 5.74) is 3.36. The molecule has 0 bridgehead atoms. The highest BCUT2D eigenvalue weighted by Crippen LogP contribution is 2.23. The van der Waals surface area contributed by atoms with E-state index in [1.165, 1.54) is 0 Å². The number of aryl methyl sites for hydroxylation is 1. The normalized spacial score (nSPS) is 15.4. The highest BCUT2D eigenvalue weighted by atomic mass is 35.5. The number of hydrogen-bond donors (Lipinski definition) is 1. The lowest BCUT2D eigenvalue weighted by Crippen LogP contribution is -2.28. The first kappa shape index (κ1) is 21.2. The molecule has 1 amide bonds. The van der Waals surface area contributed by atoms with Crippen molar-refractivity contribution in [2.24, 2.45) is 5.16 Å². The molecule has 2 aromatic carbocycles. The lowest BCUT2D eigenvalue weighted by Gasteiger charge is -2.08. The molecular formula is C22H20Cl2N4O3. The summed E-state index contributed by atoms with van der Waals surface area (Å²) in [6.07, 6.45) is -0.341. The number of aromatic nitrogens is 2. The molecule has 3 aromatic rings. The van der Waals surface area contributed by atoms with Crippen molar-refractivity contribution in [3.63, 3.8) is 0 Å². The van der Waals surface area contributed by atoms with Gasteiger partial charge in [0.05, 0.1) is 19.4 Å². The zero-order valence-corrected chi connectivity index (χ0v) is 18.4. The summed E-state index contributed by atoms with van der Waals surface area (Å²) >= 11 is 12.2. The molecule has 0 unspecified atom stereocenters. The average molecular weight is 459 g/mol. The van der Waals surface area contributed by atoms with Crippen LogP contribution in [0.3, 0.4) is 0 Å². The maximum atomic E-state index is 12.6. The molecule has 0 aliphatic carbocycles. The molecule has 1 atom stereocenters. The van der Waals surface area contributed by atoms with Gasteiger partial charge in [-0.25, -0.2) is 0 Å². The predicted octanol–water partition coefficient (Wildman–Crippen LogP) is 4.69. The zero-order valence-electron chi connectivity index (χ0n) is 16.9. The van der Waals surface area contributed by atoms with E-state index in [-0.39, 0.29) is 5.91 Å². The minimum atomic E-state index is -0.715. The van der Waals surface area contributed by atoms with Crippen LogP contribution in [0, 0.1) is 6.92 Å². The van der Waals surface area contributed by atoms with Crippen molar-refractivity contribution in [3.8, 4) is 5.75 Å². The van der Waals surface area contributed by atoms with E-state index < -0.39 is 6.10 Å². The molecule has 0 spiro atoms. The standard InChI is InChI=1S/C22H20Cl2N4O3/c1-13-9-21(26-28(13)12-15-3-6-16(23)10-18(15)24)25-22(29)20-11-19(27-31-20)14-4-7-17(30-2)8-5-14/h3-10,20H,11-12H2,1-2H3,(H,25,26,29)/t20-/m0/s1. The molecule has 0 radical (unpaired) electrons. The van der Waals surface area contributed by atoms with Gasteiger partial charge in [0.15, 0.2) is 5.82 Å². The number of carbonyl (C=O) groups excluding carboxylic acids is 1. The van der Waals surface area contributed by atoms with Crippen LogP contribution < -0.4 is 10.1 Å². The second kappa shape index (κ2) is 8.99. The third-order valence-electron chi connectivity index (χ3n) is 4.95. The lowest BCUT2D eigenvalue weighted by atomic mass is 10.0. The Balaban J connectivity index is 1.38. The van der Waals surface area contributed by atoms with E-state index in [9.17, 15) is 4.79 Å². The quantitative estimate of drug-likeness (QED) is 0.581. The monoisotopic (exact) mass is 458 g/mol. The number of amides is 1. The van der Waals surface area contributed by atoms with Gasteiger partial charge < -0.3 is 14.9 Å². The minimum Gasteiger partial charge on any atom is -0.497 e. The van der Waals surface area contributed by atoms with Gasteiger partial charge in [0.25, 0.3) is 5.91 Å². The van der Waals surface area contributed by atoms with Crippen molar-refractivity contribution in [1.82, 2.24) is 9.78 Å². The molecule has 160 valence electrons. The smallest absolute Gasteiger partial charge is 0.269 e. The van der Waals surface area contributed by atoms with Crippen LogP contribution >= 0.6 is 23.2 Å². The highest BCUT2D eigenvalue weighted by molar-refractivity contribution is 6.35. The van der Waals surface area contributed by atoms with Gasteiger partial charge in [-0.2, -0.15) is 5.10 Å². The Kier molecular flexibility index (Phi) is 6.15. The highest BCUT2D eigenvalue weighted by Gasteiger charge is 2.29. The number of nitrogens with one attached hydrogen (secondary N) is 1. The van der Waals surface area contributed by atoms with E-state index >= 15 is 0 Å². The number of anilines is 1. The van der Waals surface area contributed by atoms with E-state index in [1.54, 1.807) is 30.0 Å². The molecule has 7 nitrogen and oxygen atoms in total. The number of halogens is 2. The molecule has 0 saturated heterocycles. The topological polar surface area (TPSA) is 77.7 Å². The maximum Gasteiger partial charge on any atom is 0.269 e. The molecule has 1 aliphatic heterocycles. The third-order valence-corrected chi connectivity index (χ3v) is 5.54. The Bertz CT molecular complexity index is 1140. The van der Waals surface area contributed by atoms with Gasteiger partial charge in [-0.1, -0.05) is 34.4 Å². The minimum absolute atomic E-state index is 0.304. The molecule has 31 heavy (non-hydrogen) atoms. The molecular weight excluding hydrogens is 439 g/mol. The first-order chi connectivity index (χ1) is 14.9. The van der Waals surface area contributed by atoms with Crippen LogP contribution in [-0.2, 0) is 16.2 Å². The van der Waals surface area contributed by atoms with Crippen LogP contribution in [0.1, 0.15) is 23.2 Å². The summed E-state index contributed by atoms with van der Waals surface area (Å²) in [6.45, 7) is 2.37. The summed E-state index contributed by atoms with van der Waals surface area (Å²) in [6, 6.07) is 14.6. The average Bonchev–Trinajstić information content (AvgIpc) is 3.37. The molecule has 1 aromatic heterocycles.